The van der Waals surface area contributed by atoms with Crippen LogP contribution in [0.25, 0.3) is 0 Å². The van der Waals surface area contributed by atoms with E-state index >= 15 is 0 Å². The fourth-order valence-electron chi connectivity index (χ4n) is 1.73. The molecule has 0 bridgehead atoms. The monoisotopic (exact) mass is 236 g/mol. The van der Waals surface area contributed by atoms with Crippen LogP contribution in [0.2, 0.25) is 0 Å². The molecule has 0 aliphatic carbocycles. The van der Waals surface area contributed by atoms with Gasteiger partial charge in [0.15, 0.2) is 0 Å². The summed E-state index contributed by atoms with van der Waals surface area (Å²) in [5.74, 6) is 0.597. The molecule has 1 heterocycles. The molecule has 0 saturated heterocycles. The van der Waals surface area contributed by atoms with Crippen LogP contribution in [-0.4, -0.2) is 17.3 Å². The number of hydrogen-bond donors (Lipinski definition) is 0. The van der Waals surface area contributed by atoms with Gasteiger partial charge in [0.05, 0.1) is 5.92 Å². The normalized spacial score (nSPS) is 19.3. The van der Waals surface area contributed by atoms with E-state index < -0.39 is 5.60 Å². The van der Waals surface area contributed by atoms with Gasteiger partial charge in [-0.2, -0.15) is 0 Å². The van der Waals surface area contributed by atoms with Crippen LogP contribution in [0.15, 0.2) is 29.2 Å². The van der Waals surface area contributed by atoms with Gasteiger partial charge in [0.2, 0.25) is 0 Å². The van der Waals surface area contributed by atoms with Crippen LogP contribution in [-0.2, 0) is 9.53 Å². The number of fused-ring (bicyclic) bond motifs is 1. The highest BCUT2D eigenvalue weighted by Gasteiger charge is 2.32. The predicted molar refractivity (Wildman–Crippen MR) is 65.8 cm³/mol. The standard InChI is InChI=1S/C13H16O2S/c1-13(2,3)15-12(14)10-8-16-11-7-5-4-6-9(10)11/h4-7,10H,8H2,1-3H3. The summed E-state index contributed by atoms with van der Waals surface area (Å²) in [5.41, 5.74) is 0.709. The number of ether oxygens (including phenoxy) is 1. The molecular formula is C13H16O2S. The zero-order valence-electron chi connectivity index (χ0n) is 9.82. The first-order valence-electron chi connectivity index (χ1n) is 5.42. The molecule has 86 valence electrons. The molecule has 1 aromatic carbocycles. The second kappa shape index (κ2) is 4.13. The SMILES string of the molecule is CC(C)(C)OC(=O)C1CSc2ccccc21. The summed E-state index contributed by atoms with van der Waals surface area (Å²) in [7, 11) is 0. The molecule has 2 rings (SSSR count). The minimum absolute atomic E-state index is 0.0968. The van der Waals surface area contributed by atoms with E-state index in [4.69, 9.17) is 4.74 Å². The van der Waals surface area contributed by atoms with Crippen molar-refractivity contribution in [2.75, 3.05) is 5.75 Å². The summed E-state index contributed by atoms with van der Waals surface area (Å²) in [6.07, 6.45) is 0. The Hall–Kier alpha value is -0.960. The Bertz CT molecular complexity index is 407. The summed E-state index contributed by atoms with van der Waals surface area (Å²) in [6, 6.07) is 8.06. The molecule has 0 amide bonds. The van der Waals surface area contributed by atoms with Crippen molar-refractivity contribution >= 4 is 17.7 Å². The van der Waals surface area contributed by atoms with E-state index in [1.165, 1.54) is 4.90 Å². The van der Waals surface area contributed by atoms with Gasteiger partial charge in [0.25, 0.3) is 0 Å². The number of thioether (sulfide) groups is 1. The number of benzene rings is 1. The van der Waals surface area contributed by atoms with Crippen molar-refractivity contribution in [2.24, 2.45) is 0 Å². The highest BCUT2D eigenvalue weighted by Crippen LogP contribution is 2.40. The first kappa shape index (κ1) is 11.5. The van der Waals surface area contributed by atoms with Crippen molar-refractivity contribution in [2.45, 2.75) is 37.2 Å². The van der Waals surface area contributed by atoms with E-state index in [0.717, 1.165) is 11.3 Å². The van der Waals surface area contributed by atoms with Gasteiger partial charge in [0, 0.05) is 10.6 Å². The maximum atomic E-state index is 12.0. The van der Waals surface area contributed by atoms with Gasteiger partial charge in [-0.3, -0.25) is 4.79 Å². The van der Waals surface area contributed by atoms with Gasteiger partial charge in [-0.15, -0.1) is 11.8 Å². The minimum Gasteiger partial charge on any atom is -0.459 e. The zero-order chi connectivity index (χ0) is 11.8. The number of esters is 1. The van der Waals surface area contributed by atoms with Gasteiger partial charge in [-0.05, 0) is 32.4 Å². The average molecular weight is 236 g/mol. The highest BCUT2D eigenvalue weighted by molar-refractivity contribution is 7.99. The summed E-state index contributed by atoms with van der Waals surface area (Å²) in [6.45, 7) is 5.71. The van der Waals surface area contributed by atoms with Crippen LogP contribution < -0.4 is 0 Å². The van der Waals surface area contributed by atoms with E-state index in [1.807, 2.05) is 39.0 Å². The molecule has 1 atom stereocenters. The third kappa shape index (κ3) is 2.40. The third-order valence-corrected chi connectivity index (χ3v) is 3.57. The molecule has 1 aromatic rings. The Morgan fingerprint density at radius 1 is 1.38 bits per heavy atom. The van der Waals surface area contributed by atoms with Crippen LogP contribution in [0.1, 0.15) is 32.3 Å². The van der Waals surface area contributed by atoms with Crippen molar-refractivity contribution in [1.29, 1.82) is 0 Å². The molecule has 3 heteroatoms. The van der Waals surface area contributed by atoms with Crippen molar-refractivity contribution in [3.05, 3.63) is 29.8 Å². The minimum atomic E-state index is -0.403. The highest BCUT2D eigenvalue weighted by atomic mass is 32.2. The molecule has 0 aromatic heterocycles. The Morgan fingerprint density at radius 3 is 2.75 bits per heavy atom. The fourth-order valence-corrected chi connectivity index (χ4v) is 2.94. The predicted octanol–water partition coefficient (Wildman–Crippen LogP) is 3.22. The lowest BCUT2D eigenvalue weighted by atomic mass is 10.0. The van der Waals surface area contributed by atoms with E-state index in [9.17, 15) is 4.79 Å². The Labute approximate surface area is 100 Å². The largest absolute Gasteiger partial charge is 0.459 e. The van der Waals surface area contributed by atoms with Gasteiger partial charge in [-0.25, -0.2) is 0 Å². The molecule has 0 N–H and O–H groups in total. The van der Waals surface area contributed by atoms with Crippen LogP contribution in [0.5, 0.6) is 0 Å². The first-order valence-corrected chi connectivity index (χ1v) is 6.40. The maximum absolute atomic E-state index is 12.0. The second-order valence-corrected chi connectivity index (χ2v) is 6.00. The molecule has 1 aliphatic heterocycles. The third-order valence-electron chi connectivity index (χ3n) is 2.39. The van der Waals surface area contributed by atoms with Gasteiger partial charge in [0.1, 0.15) is 5.60 Å². The van der Waals surface area contributed by atoms with Crippen LogP contribution >= 0.6 is 11.8 Å². The first-order chi connectivity index (χ1) is 7.47. The van der Waals surface area contributed by atoms with E-state index in [1.54, 1.807) is 11.8 Å². The van der Waals surface area contributed by atoms with E-state index in [0.29, 0.717) is 0 Å². The van der Waals surface area contributed by atoms with Crippen LogP contribution in [0, 0.1) is 0 Å². The Balaban J connectivity index is 2.16. The molecule has 1 unspecified atom stereocenters. The molecule has 0 fully saturated rings. The average Bonchev–Trinajstić information content (AvgIpc) is 2.58. The Kier molecular flexibility index (Phi) is 2.98. The van der Waals surface area contributed by atoms with Crippen molar-refractivity contribution < 1.29 is 9.53 Å². The number of hydrogen-bond acceptors (Lipinski definition) is 3. The molecule has 0 saturated carbocycles. The van der Waals surface area contributed by atoms with Crippen LogP contribution in [0.3, 0.4) is 0 Å². The van der Waals surface area contributed by atoms with Crippen molar-refractivity contribution in [3.63, 3.8) is 0 Å². The summed E-state index contributed by atoms with van der Waals surface area (Å²) < 4.78 is 5.43. The fraction of sp³-hybridized carbons (Fsp3) is 0.462. The summed E-state index contributed by atoms with van der Waals surface area (Å²) >= 11 is 1.73. The van der Waals surface area contributed by atoms with E-state index in [-0.39, 0.29) is 11.9 Å². The van der Waals surface area contributed by atoms with Crippen LogP contribution in [0.4, 0.5) is 0 Å². The molecule has 2 nitrogen and oxygen atoms in total. The summed E-state index contributed by atoms with van der Waals surface area (Å²) in [4.78, 5) is 13.2. The lowest BCUT2D eigenvalue weighted by molar-refractivity contribution is -0.156. The zero-order valence-corrected chi connectivity index (χ0v) is 10.6. The quantitative estimate of drug-likeness (QED) is 0.700. The molecule has 1 aliphatic rings. The van der Waals surface area contributed by atoms with Gasteiger partial charge >= 0.3 is 5.97 Å². The molecule has 0 radical (unpaired) electrons. The second-order valence-electron chi connectivity index (χ2n) is 4.93. The molecule has 0 spiro atoms. The maximum Gasteiger partial charge on any atom is 0.314 e. The summed E-state index contributed by atoms with van der Waals surface area (Å²) in [5, 5.41) is 0. The molecular weight excluding hydrogens is 220 g/mol. The lowest BCUT2D eigenvalue weighted by Gasteiger charge is -2.22. The lowest BCUT2D eigenvalue weighted by Crippen LogP contribution is -2.27. The van der Waals surface area contributed by atoms with Crippen molar-refractivity contribution in [3.8, 4) is 0 Å². The molecule has 16 heavy (non-hydrogen) atoms. The van der Waals surface area contributed by atoms with Gasteiger partial charge in [-0.1, -0.05) is 18.2 Å². The Morgan fingerprint density at radius 2 is 2.06 bits per heavy atom. The number of rotatable bonds is 1. The number of carbonyl (C=O) groups excluding carboxylic acids is 1. The van der Waals surface area contributed by atoms with Gasteiger partial charge < -0.3 is 4.74 Å². The number of carbonyl (C=O) groups is 1. The smallest absolute Gasteiger partial charge is 0.314 e. The van der Waals surface area contributed by atoms with E-state index in [2.05, 4.69) is 6.07 Å². The van der Waals surface area contributed by atoms with Crippen molar-refractivity contribution in [1.82, 2.24) is 0 Å². The topological polar surface area (TPSA) is 26.3 Å².